The first kappa shape index (κ1) is 20.7. The molecule has 0 aliphatic carbocycles. The predicted octanol–water partition coefficient (Wildman–Crippen LogP) is 2.90. The summed E-state index contributed by atoms with van der Waals surface area (Å²) < 4.78 is 9.06. The van der Waals surface area contributed by atoms with Crippen LogP contribution in [0.2, 0.25) is 0 Å². The lowest BCUT2D eigenvalue weighted by Crippen LogP contribution is -2.31. The van der Waals surface area contributed by atoms with Gasteiger partial charge in [0.1, 0.15) is 12.4 Å². The summed E-state index contributed by atoms with van der Waals surface area (Å²) in [7, 11) is 0. The predicted molar refractivity (Wildman–Crippen MR) is 117 cm³/mol. The molecule has 0 bridgehead atoms. The first-order valence-electron chi connectivity index (χ1n) is 10.1. The zero-order valence-corrected chi connectivity index (χ0v) is 17.2. The van der Waals surface area contributed by atoms with Crippen molar-refractivity contribution in [1.82, 2.24) is 19.3 Å². The highest BCUT2D eigenvalue weighted by Gasteiger charge is 2.17. The van der Waals surface area contributed by atoms with Crippen LogP contribution in [-0.2, 0) is 11.3 Å². The van der Waals surface area contributed by atoms with E-state index in [1.807, 2.05) is 61.5 Å². The van der Waals surface area contributed by atoms with E-state index in [4.69, 9.17) is 4.74 Å². The summed E-state index contributed by atoms with van der Waals surface area (Å²) in [5.74, 6) is 0.548. The van der Waals surface area contributed by atoms with E-state index in [1.54, 1.807) is 29.4 Å². The van der Waals surface area contributed by atoms with Crippen LogP contribution in [-0.4, -0.2) is 37.1 Å². The zero-order chi connectivity index (χ0) is 21.6. The molecule has 0 spiro atoms. The van der Waals surface area contributed by atoms with Gasteiger partial charge in [-0.1, -0.05) is 60.2 Å². The molecular formula is C24H24N4O3. The Morgan fingerprint density at radius 3 is 2.45 bits per heavy atom. The van der Waals surface area contributed by atoms with Crippen molar-refractivity contribution in [3.05, 3.63) is 112 Å². The number of ether oxygens (including phenoxy) is 1. The van der Waals surface area contributed by atoms with Crippen LogP contribution in [0, 0.1) is 6.92 Å². The second-order valence-electron chi connectivity index (χ2n) is 7.37. The lowest BCUT2D eigenvalue weighted by atomic mass is 10.0. The molecule has 0 aliphatic heterocycles. The molecule has 4 rings (SSSR count). The van der Waals surface area contributed by atoms with Gasteiger partial charge in [-0.3, -0.25) is 9.36 Å². The Morgan fingerprint density at radius 2 is 1.74 bits per heavy atom. The standard InChI is InChI=1S/C24H24N4O3/c1-18-7-9-20(10-8-18)24(19-5-3-2-4-6-19)31-16-21(29)15-28-23(30)12-11-22(26-28)27-14-13-25-17-27/h2-14,17,21,24,29H,15-16H2,1H3. The van der Waals surface area contributed by atoms with Gasteiger partial charge in [-0.05, 0) is 24.1 Å². The van der Waals surface area contributed by atoms with Crippen molar-refractivity contribution in [1.29, 1.82) is 0 Å². The number of aryl methyl sites for hydroxylation is 1. The number of imidazole rings is 1. The Hall–Kier alpha value is -3.55. The second-order valence-corrected chi connectivity index (χ2v) is 7.37. The topological polar surface area (TPSA) is 82.2 Å². The van der Waals surface area contributed by atoms with Crippen molar-refractivity contribution in [2.24, 2.45) is 0 Å². The number of rotatable bonds is 8. The zero-order valence-electron chi connectivity index (χ0n) is 17.2. The molecule has 4 aromatic rings. The van der Waals surface area contributed by atoms with Crippen LogP contribution in [0.15, 0.2) is 90.2 Å². The van der Waals surface area contributed by atoms with Crippen LogP contribution in [0.1, 0.15) is 22.8 Å². The first-order chi connectivity index (χ1) is 15.1. The number of aromatic nitrogens is 4. The Balaban J connectivity index is 1.48. The third kappa shape index (κ3) is 5.14. The maximum atomic E-state index is 12.2. The van der Waals surface area contributed by atoms with E-state index in [0.717, 1.165) is 11.1 Å². The quantitative estimate of drug-likeness (QED) is 0.478. The Morgan fingerprint density at radius 1 is 1.00 bits per heavy atom. The van der Waals surface area contributed by atoms with Gasteiger partial charge in [-0.15, -0.1) is 0 Å². The van der Waals surface area contributed by atoms with Crippen LogP contribution >= 0.6 is 0 Å². The first-order valence-corrected chi connectivity index (χ1v) is 10.1. The maximum absolute atomic E-state index is 12.2. The number of nitrogens with zero attached hydrogens (tertiary/aromatic N) is 4. The highest BCUT2D eigenvalue weighted by atomic mass is 16.5. The third-order valence-corrected chi connectivity index (χ3v) is 4.94. The Bertz CT molecular complexity index is 1160. The van der Waals surface area contributed by atoms with E-state index in [-0.39, 0.29) is 24.8 Å². The third-order valence-electron chi connectivity index (χ3n) is 4.94. The molecule has 2 aromatic carbocycles. The minimum atomic E-state index is -0.903. The van der Waals surface area contributed by atoms with Crippen LogP contribution in [0.3, 0.4) is 0 Å². The van der Waals surface area contributed by atoms with E-state index in [0.29, 0.717) is 5.82 Å². The number of aliphatic hydroxyl groups excluding tert-OH is 1. The summed E-state index contributed by atoms with van der Waals surface area (Å²) in [6.07, 6.45) is 3.75. The molecule has 2 unspecified atom stereocenters. The van der Waals surface area contributed by atoms with Crippen LogP contribution in [0.4, 0.5) is 0 Å². The summed E-state index contributed by atoms with van der Waals surface area (Å²) in [5.41, 5.74) is 2.87. The second kappa shape index (κ2) is 9.51. The van der Waals surface area contributed by atoms with Crippen molar-refractivity contribution < 1.29 is 9.84 Å². The molecule has 7 nitrogen and oxygen atoms in total. The molecule has 0 fully saturated rings. The lowest BCUT2D eigenvalue weighted by Gasteiger charge is -2.21. The maximum Gasteiger partial charge on any atom is 0.266 e. The normalized spacial score (nSPS) is 13.1. The van der Waals surface area contributed by atoms with Gasteiger partial charge in [0.05, 0.1) is 19.3 Å². The number of benzene rings is 2. The molecular weight excluding hydrogens is 392 g/mol. The molecule has 0 radical (unpaired) electrons. The number of hydrogen-bond donors (Lipinski definition) is 1. The van der Waals surface area contributed by atoms with Crippen molar-refractivity contribution in [3.63, 3.8) is 0 Å². The van der Waals surface area contributed by atoms with Gasteiger partial charge < -0.3 is 9.84 Å². The molecule has 2 aromatic heterocycles. The van der Waals surface area contributed by atoms with E-state index in [1.165, 1.54) is 16.3 Å². The summed E-state index contributed by atoms with van der Waals surface area (Å²) >= 11 is 0. The van der Waals surface area contributed by atoms with E-state index in [2.05, 4.69) is 10.1 Å². The number of hydrogen-bond acceptors (Lipinski definition) is 5. The number of aliphatic hydroxyl groups is 1. The van der Waals surface area contributed by atoms with E-state index < -0.39 is 6.10 Å². The highest BCUT2D eigenvalue weighted by Crippen LogP contribution is 2.26. The van der Waals surface area contributed by atoms with E-state index >= 15 is 0 Å². The van der Waals surface area contributed by atoms with Crippen molar-refractivity contribution >= 4 is 0 Å². The molecule has 1 N–H and O–H groups in total. The minimum Gasteiger partial charge on any atom is -0.389 e. The highest BCUT2D eigenvalue weighted by molar-refractivity contribution is 5.31. The van der Waals surface area contributed by atoms with Crippen molar-refractivity contribution in [2.45, 2.75) is 25.7 Å². The molecule has 0 amide bonds. The van der Waals surface area contributed by atoms with Gasteiger partial charge in [-0.2, -0.15) is 5.10 Å². The average molecular weight is 416 g/mol. The molecule has 2 atom stereocenters. The van der Waals surface area contributed by atoms with Gasteiger partial charge in [-0.25, -0.2) is 9.67 Å². The molecule has 2 heterocycles. The fourth-order valence-electron chi connectivity index (χ4n) is 3.31. The van der Waals surface area contributed by atoms with Gasteiger partial charge in [0, 0.05) is 18.5 Å². The van der Waals surface area contributed by atoms with Crippen molar-refractivity contribution in [3.8, 4) is 5.82 Å². The van der Waals surface area contributed by atoms with Gasteiger partial charge in [0.25, 0.3) is 5.56 Å². The Kier molecular flexibility index (Phi) is 6.35. The molecule has 31 heavy (non-hydrogen) atoms. The van der Waals surface area contributed by atoms with Gasteiger partial charge in [0.2, 0.25) is 0 Å². The summed E-state index contributed by atoms with van der Waals surface area (Å²) in [6.45, 7) is 2.11. The van der Waals surface area contributed by atoms with Gasteiger partial charge in [0.15, 0.2) is 5.82 Å². The lowest BCUT2D eigenvalue weighted by molar-refractivity contribution is -0.00246. The Labute approximate surface area is 180 Å². The van der Waals surface area contributed by atoms with Gasteiger partial charge >= 0.3 is 0 Å². The molecule has 0 saturated heterocycles. The van der Waals surface area contributed by atoms with Crippen molar-refractivity contribution in [2.75, 3.05) is 6.61 Å². The monoisotopic (exact) mass is 416 g/mol. The molecule has 0 saturated carbocycles. The smallest absolute Gasteiger partial charge is 0.266 e. The molecule has 0 aliphatic rings. The summed E-state index contributed by atoms with van der Waals surface area (Å²) in [6, 6.07) is 21.0. The fraction of sp³-hybridized carbons (Fsp3) is 0.208. The minimum absolute atomic E-state index is 0.0246. The molecule has 7 heteroatoms. The van der Waals surface area contributed by atoms with Crippen LogP contribution in [0.25, 0.3) is 5.82 Å². The summed E-state index contributed by atoms with van der Waals surface area (Å²) in [5, 5.41) is 14.9. The SMILES string of the molecule is Cc1ccc(C(OCC(O)Cn2nc(-n3ccnc3)ccc2=O)c2ccccc2)cc1. The summed E-state index contributed by atoms with van der Waals surface area (Å²) in [4.78, 5) is 16.2. The largest absolute Gasteiger partial charge is 0.389 e. The van der Waals surface area contributed by atoms with Crippen LogP contribution < -0.4 is 5.56 Å². The van der Waals surface area contributed by atoms with E-state index in [9.17, 15) is 9.90 Å². The van der Waals surface area contributed by atoms with Crippen LogP contribution in [0.5, 0.6) is 0 Å². The molecule has 158 valence electrons. The average Bonchev–Trinajstić information content (AvgIpc) is 3.32. The fourth-order valence-corrected chi connectivity index (χ4v) is 3.31.